The normalized spacial score (nSPS) is 11.5. The van der Waals surface area contributed by atoms with Crippen LogP contribution in [0.4, 0.5) is 0 Å². The molecular weight excluding hydrogens is 146 g/mol. The molecule has 4 heteroatoms. The largest absolute Gasteiger partial charge is 0.335 e. The first kappa shape index (κ1) is 11.3. The van der Waals surface area contributed by atoms with Crippen LogP contribution in [0.15, 0.2) is 0 Å². The van der Waals surface area contributed by atoms with Crippen LogP contribution in [-0.2, 0) is 4.57 Å². The molecule has 1 atom stereocenters. The molecule has 1 unspecified atom stereocenters. The summed E-state index contributed by atoms with van der Waals surface area (Å²) in [6.45, 7) is 4.36. The van der Waals surface area contributed by atoms with Crippen LogP contribution < -0.4 is 0 Å². The fraction of sp³-hybridized carbons (Fsp3) is 1.00. The quantitative estimate of drug-likeness (QED) is 0.595. The smallest absolute Gasteiger partial charge is 0.276 e. The number of hydrogen-bond donors (Lipinski definition) is 1. The molecule has 0 saturated heterocycles. The third kappa shape index (κ3) is 88.8. The third-order valence-corrected chi connectivity index (χ3v) is 0.500. The maximum Gasteiger partial charge on any atom is 0.276 e. The van der Waals surface area contributed by atoms with Gasteiger partial charge in [-0.3, -0.25) is 4.57 Å². The standard InChI is InChI=1S/C4H10.ClH2O2P/c1-3-4-2;1-4(2)3/h3-4H2,1-2H3;4H,(H,2,3). The molecule has 0 aromatic carbocycles. The van der Waals surface area contributed by atoms with Crippen molar-refractivity contribution >= 4 is 18.6 Å². The monoisotopic (exact) mass is 158 g/mol. The van der Waals surface area contributed by atoms with Crippen LogP contribution in [-0.4, -0.2) is 4.89 Å². The molecule has 2 nitrogen and oxygen atoms in total. The van der Waals surface area contributed by atoms with Crippen LogP contribution in [0.5, 0.6) is 0 Å². The van der Waals surface area contributed by atoms with Crippen molar-refractivity contribution in [2.45, 2.75) is 26.7 Å². The summed E-state index contributed by atoms with van der Waals surface area (Å²) in [6.07, 6.45) is 2.64. The molecule has 1 N–H and O–H groups in total. The zero-order chi connectivity index (χ0) is 6.99. The summed E-state index contributed by atoms with van der Waals surface area (Å²) >= 11 is 4.38. The molecule has 0 radical (unpaired) electrons. The fourth-order valence-electron chi connectivity index (χ4n) is 0. The van der Waals surface area contributed by atoms with E-state index < -0.39 is 7.38 Å². The molecule has 0 rings (SSSR count). The van der Waals surface area contributed by atoms with Crippen molar-refractivity contribution < 1.29 is 9.46 Å². The summed E-state index contributed by atoms with van der Waals surface area (Å²) in [5.41, 5.74) is 0. The van der Waals surface area contributed by atoms with Crippen LogP contribution >= 0.6 is 18.6 Å². The van der Waals surface area contributed by atoms with E-state index in [0.29, 0.717) is 0 Å². The highest BCUT2D eigenvalue weighted by molar-refractivity contribution is 7.68. The van der Waals surface area contributed by atoms with E-state index in [1.807, 2.05) is 0 Å². The average molecular weight is 159 g/mol. The van der Waals surface area contributed by atoms with E-state index in [-0.39, 0.29) is 0 Å². The molecular formula is C4H12ClO2P. The van der Waals surface area contributed by atoms with Gasteiger partial charge in [-0.25, -0.2) is 0 Å². The number of rotatable bonds is 1. The minimum Gasteiger partial charge on any atom is -0.335 e. The van der Waals surface area contributed by atoms with Gasteiger partial charge in [0, 0.05) is 0 Å². The van der Waals surface area contributed by atoms with Crippen molar-refractivity contribution in [3.63, 3.8) is 0 Å². The summed E-state index contributed by atoms with van der Waals surface area (Å²) in [6, 6.07) is 0. The van der Waals surface area contributed by atoms with Gasteiger partial charge in [0.15, 0.2) is 0 Å². The van der Waals surface area contributed by atoms with Gasteiger partial charge < -0.3 is 4.89 Å². The number of halogens is 1. The van der Waals surface area contributed by atoms with Gasteiger partial charge in [-0.1, -0.05) is 26.7 Å². The Balaban J connectivity index is 0. The van der Waals surface area contributed by atoms with E-state index in [1.54, 1.807) is 0 Å². The lowest BCUT2D eigenvalue weighted by molar-refractivity contribution is 0.518. The second-order valence-electron chi connectivity index (χ2n) is 1.25. The lowest BCUT2D eigenvalue weighted by Gasteiger charge is -1.68. The van der Waals surface area contributed by atoms with Crippen LogP contribution in [0.3, 0.4) is 0 Å². The molecule has 0 aliphatic carbocycles. The molecule has 0 aromatic rings. The lowest BCUT2D eigenvalue weighted by Crippen LogP contribution is -1.47. The second-order valence-corrected chi connectivity index (χ2v) is 2.73. The van der Waals surface area contributed by atoms with Gasteiger partial charge in [-0.05, 0) is 11.2 Å². The zero-order valence-electron chi connectivity index (χ0n) is 5.15. The first-order valence-electron chi connectivity index (χ1n) is 2.53. The first-order valence-corrected chi connectivity index (χ1v) is 4.90. The summed E-state index contributed by atoms with van der Waals surface area (Å²) < 4.78 is 8.95. The van der Waals surface area contributed by atoms with Gasteiger partial charge >= 0.3 is 0 Å². The Morgan fingerprint density at radius 2 is 1.62 bits per heavy atom. The Morgan fingerprint density at radius 1 is 1.50 bits per heavy atom. The van der Waals surface area contributed by atoms with Crippen molar-refractivity contribution in [3.05, 3.63) is 0 Å². The minimum atomic E-state index is -2.66. The molecule has 0 bridgehead atoms. The van der Waals surface area contributed by atoms with Gasteiger partial charge in [0.1, 0.15) is 0 Å². The number of unbranched alkanes of at least 4 members (excludes halogenated alkanes) is 1. The highest BCUT2D eigenvalue weighted by Gasteiger charge is 1.64. The average Bonchev–Trinajstić information content (AvgIpc) is 1.65. The van der Waals surface area contributed by atoms with Crippen molar-refractivity contribution in [2.24, 2.45) is 0 Å². The van der Waals surface area contributed by atoms with E-state index >= 15 is 0 Å². The van der Waals surface area contributed by atoms with Crippen LogP contribution in [0, 0.1) is 0 Å². The predicted octanol–water partition coefficient (Wildman–Crippen LogP) is 2.41. The molecule has 0 aromatic heterocycles. The van der Waals surface area contributed by atoms with E-state index in [9.17, 15) is 0 Å². The van der Waals surface area contributed by atoms with Crippen molar-refractivity contribution in [1.29, 1.82) is 0 Å². The maximum absolute atomic E-state index is 8.95. The second kappa shape index (κ2) is 10.5. The molecule has 52 valence electrons. The molecule has 0 saturated carbocycles. The SMILES string of the molecule is CCCC.O=[PH](O)Cl. The van der Waals surface area contributed by atoms with Gasteiger partial charge in [0.25, 0.3) is 7.38 Å². The van der Waals surface area contributed by atoms with Crippen LogP contribution in [0.25, 0.3) is 0 Å². The highest BCUT2D eigenvalue weighted by atomic mass is 35.7. The van der Waals surface area contributed by atoms with Crippen molar-refractivity contribution in [2.75, 3.05) is 0 Å². The van der Waals surface area contributed by atoms with E-state index in [2.05, 4.69) is 25.1 Å². The minimum absolute atomic E-state index is 1.32. The predicted molar refractivity (Wildman–Crippen MR) is 37.7 cm³/mol. The van der Waals surface area contributed by atoms with Gasteiger partial charge in [0.05, 0.1) is 0 Å². The molecule has 8 heavy (non-hydrogen) atoms. The number of hydrogen-bond acceptors (Lipinski definition) is 1. The van der Waals surface area contributed by atoms with Crippen LogP contribution in [0.1, 0.15) is 26.7 Å². The Bertz CT molecular complexity index is 52.0. The Hall–Kier alpha value is 0.480. The molecule has 0 aliphatic rings. The maximum atomic E-state index is 8.95. The molecule has 0 spiro atoms. The van der Waals surface area contributed by atoms with Gasteiger partial charge in [-0.2, -0.15) is 0 Å². The summed E-state index contributed by atoms with van der Waals surface area (Å²) in [5.74, 6) is 0. The molecule has 0 heterocycles. The first-order chi connectivity index (χ1) is 3.65. The van der Waals surface area contributed by atoms with Crippen LogP contribution in [0.2, 0.25) is 0 Å². The van der Waals surface area contributed by atoms with Crippen molar-refractivity contribution in [1.82, 2.24) is 0 Å². The summed E-state index contributed by atoms with van der Waals surface area (Å²) in [7, 11) is -2.66. The van der Waals surface area contributed by atoms with Gasteiger partial charge in [0.2, 0.25) is 0 Å². The topological polar surface area (TPSA) is 37.3 Å². The molecule has 0 amide bonds. The summed E-state index contributed by atoms with van der Waals surface area (Å²) in [5, 5.41) is 0. The van der Waals surface area contributed by atoms with E-state index in [4.69, 9.17) is 9.46 Å². The fourth-order valence-corrected chi connectivity index (χ4v) is 0. The Labute approximate surface area is 55.5 Å². The van der Waals surface area contributed by atoms with E-state index in [1.165, 1.54) is 12.8 Å². The third-order valence-electron chi connectivity index (χ3n) is 0.500. The van der Waals surface area contributed by atoms with Gasteiger partial charge in [-0.15, -0.1) is 0 Å². The van der Waals surface area contributed by atoms with Crippen molar-refractivity contribution in [3.8, 4) is 0 Å². The highest BCUT2D eigenvalue weighted by Crippen LogP contribution is 2.17. The Morgan fingerprint density at radius 3 is 1.62 bits per heavy atom. The Kier molecular flexibility index (Phi) is 14.8. The zero-order valence-corrected chi connectivity index (χ0v) is 6.90. The molecule has 0 fully saturated rings. The summed E-state index contributed by atoms with van der Waals surface area (Å²) in [4.78, 5) is 7.37. The molecule has 0 aliphatic heterocycles. The lowest BCUT2D eigenvalue weighted by atomic mass is 10.4. The van der Waals surface area contributed by atoms with E-state index in [0.717, 1.165) is 0 Å².